The van der Waals surface area contributed by atoms with Crippen LogP contribution in [0.4, 0.5) is 0 Å². The standard InChI is InChI=1S/C39H44ClN5O3SSi/c1-39(2,3)50(28-11-7-5-8-12-28,29-13-9-6-10-14-29)48-27-16-18-31(42-36(46)34-22-25-21-26(40)15-17-30(25)41-34)33(23-27)43-37(47)38-44-32-19-20-45(4)24-35(32)49-38/h5-15,17,21-22,27,31,33,41H,16,18-20,23-24H2,1-4H3,(H,42,46)(H,43,47). The van der Waals surface area contributed by atoms with Crippen molar-refractivity contribution in [3.05, 3.63) is 111 Å². The number of likely N-dealkylation sites (N-methyl/N-ethyl adjacent to an activating group) is 1. The van der Waals surface area contributed by atoms with Gasteiger partial charge in [0.15, 0.2) is 5.01 Å². The van der Waals surface area contributed by atoms with Crippen molar-refractivity contribution in [2.75, 3.05) is 13.6 Å². The van der Waals surface area contributed by atoms with E-state index in [-0.39, 0.29) is 35.0 Å². The van der Waals surface area contributed by atoms with Crippen LogP contribution in [-0.4, -0.2) is 66.8 Å². The number of rotatable bonds is 8. The molecule has 3 atom stereocenters. The van der Waals surface area contributed by atoms with Crippen molar-refractivity contribution in [2.24, 2.45) is 0 Å². The van der Waals surface area contributed by atoms with E-state index in [1.165, 1.54) is 21.7 Å². The van der Waals surface area contributed by atoms with E-state index in [0.29, 0.717) is 28.6 Å². The number of benzene rings is 3. The molecule has 3 unspecified atom stereocenters. The van der Waals surface area contributed by atoms with Gasteiger partial charge in [-0.15, -0.1) is 11.3 Å². The lowest BCUT2D eigenvalue weighted by molar-refractivity contribution is 0.0747. The van der Waals surface area contributed by atoms with Gasteiger partial charge in [0.05, 0.1) is 11.7 Å². The van der Waals surface area contributed by atoms with E-state index in [4.69, 9.17) is 21.0 Å². The minimum absolute atomic E-state index is 0.145. The smallest absolute Gasteiger partial charge is 0.280 e. The molecule has 1 fully saturated rings. The number of halogens is 1. The number of thiazole rings is 1. The SMILES string of the molecule is CN1CCc2nc(C(=O)NC3CC(O[Si](c4ccccc4)(c4ccccc4)C(C)(C)C)CCC3NC(=O)c3cc4cc(Cl)ccc4[nH]3)sc2C1. The Morgan fingerprint density at radius 2 is 1.62 bits per heavy atom. The lowest BCUT2D eigenvalue weighted by atomic mass is 9.88. The van der Waals surface area contributed by atoms with Gasteiger partial charge in [-0.05, 0) is 66.0 Å². The van der Waals surface area contributed by atoms with Crippen LogP contribution in [0.15, 0.2) is 84.9 Å². The maximum absolute atomic E-state index is 13.9. The van der Waals surface area contributed by atoms with Crippen LogP contribution in [0, 0.1) is 0 Å². The van der Waals surface area contributed by atoms with Crippen LogP contribution in [0.25, 0.3) is 10.9 Å². The van der Waals surface area contributed by atoms with Crippen LogP contribution >= 0.6 is 22.9 Å². The third-order valence-electron chi connectivity index (χ3n) is 10.1. The molecule has 3 heterocycles. The van der Waals surface area contributed by atoms with Crippen molar-refractivity contribution in [1.29, 1.82) is 0 Å². The first-order chi connectivity index (χ1) is 24.0. The van der Waals surface area contributed by atoms with E-state index in [0.717, 1.165) is 47.4 Å². The Bertz CT molecular complexity index is 1950. The van der Waals surface area contributed by atoms with Gasteiger partial charge in [-0.25, -0.2) is 4.98 Å². The first kappa shape index (κ1) is 34.6. The second-order valence-corrected chi connectivity index (χ2v) is 20.4. The number of H-pyrrole nitrogens is 1. The van der Waals surface area contributed by atoms with Gasteiger partial charge >= 0.3 is 0 Å². The average Bonchev–Trinajstić information content (AvgIpc) is 3.72. The van der Waals surface area contributed by atoms with Crippen molar-refractivity contribution in [3.63, 3.8) is 0 Å². The highest BCUT2D eigenvalue weighted by molar-refractivity contribution is 7.13. The number of carbonyl (C=O) groups excluding carboxylic acids is 2. The second-order valence-electron chi connectivity index (χ2n) is 14.7. The zero-order valence-electron chi connectivity index (χ0n) is 29.0. The Hall–Kier alpha value is -3.80. The molecule has 3 aromatic carbocycles. The van der Waals surface area contributed by atoms with E-state index in [1.807, 2.05) is 30.3 Å². The van der Waals surface area contributed by atoms with Crippen molar-refractivity contribution in [3.8, 4) is 0 Å². The molecule has 2 amide bonds. The van der Waals surface area contributed by atoms with E-state index in [9.17, 15) is 9.59 Å². The van der Waals surface area contributed by atoms with E-state index >= 15 is 0 Å². The third-order valence-corrected chi connectivity index (χ3v) is 16.5. The molecule has 3 N–H and O–H groups in total. The van der Waals surface area contributed by atoms with Crippen LogP contribution in [0.3, 0.4) is 0 Å². The van der Waals surface area contributed by atoms with E-state index in [2.05, 4.69) is 96.9 Å². The molecule has 1 aliphatic carbocycles. The zero-order valence-corrected chi connectivity index (χ0v) is 31.5. The van der Waals surface area contributed by atoms with Crippen molar-refractivity contribution in [1.82, 2.24) is 25.5 Å². The molecule has 11 heteroatoms. The number of carbonyl (C=O) groups is 2. The highest BCUT2D eigenvalue weighted by Gasteiger charge is 2.52. The number of fused-ring (bicyclic) bond motifs is 2. The number of nitrogens with one attached hydrogen (secondary N) is 3. The number of hydrogen-bond donors (Lipinski definition) is 3. The Morgan fingerprint density at radius 3 is 2.30 bits per heavy atom. The number of nitrogens with zero attached hydrogens (tertiary/aromatic N) is 2. The molecule has 0 spiro atoms. The molecule has 5 aromatic rings. The molecule has 8 nitrogen and oxygen atoms in total. The minimum Gasteiger partial charge on any atom is -0.404 e. The zero-order chi connectivity index (χ0) is 35.0. The van der Waals surface area contributed by atoms with Gasteiger partial charge in [0.25, 0.3) is 20.1 Å². The van der Waals surface area contributed by atoms with E-state index in [1.54, 1.807) is 6.07 Å². The number of amides is 2. The molecule has 1 aliphatic heterocycles. The molecule has 7 rings (SSSR count). The number of aromatic amines is 1. The van der Waals surface area contributed by atoms with Crippen LogP contribution in [0.2, 0.25) is 10.1 Å². The van der Waals surface area contributed by atoms with Crippen molar-refractivity contribution in [2.45, 2.75) is 76.2 Å². The summed E-state index contributed by atoms with van der Waals surface area (Å²) < 4.78 is 7.54. The number of hydrogen-bond acceptors (Lipinski definition) is 6. The Morgan fingerprint density at radius 1 is 0.940 bits per heavy atom. The molecule has 50 heavy (non-hydrogen) atoms. The van der Waals surface area contributed by atoms with Gasteiger partial charge in [0.2, 0.25) is 0 Å². The summed E-state index contributed by atoms with van der Waals surface area (Å²) in [5.41, 5.74) is 2.30. The van der Waals surface area contributed by atoms with Crippen LogP contribution in [0.1, 0.15) is 70.9 Å². The van der Waals surface area contributed by atoms with Gasteiger partial charge in [0, 0.05) is 52.5 Å². The lowest BCUT2D eigenvalue weighted by Crippen LogP contribution is -2.68. The fraction of sp³-hybridized carbons (Fsp3) is 0.359. The summed E-state index contributed by atoms with van der Waals surface area (Å²) in [5.74, 6) is -0.427. The highest BCUT2D eigenvalue weighted by Crippen LogP contribution is 2.39. The highest BCUT2D eigenvalue weighted by atomic mass is 35.5. The maximum atomic E-state index is 13.9. The summed E-state index contributed by atoms with van der Waals surface area (Å²) >= 11 is 7.68. The van der Waals surface area contributed by atoms with Crippen LogP contribution in [-0.2, 0) is 17.4 Å². The fourth-order valence-electron chi connectivity index (χ4n) is 7.63. The summed E-state index contributed by atoms with van der Waals surface area (Å²) in [6.07, 6.45) is 2.62. The summed E-state index contributed by atoms with van der Waals surface area (Å²) in [4.78, 5) is 39.0. The molecular formula is C39H44ClN5O3SSi. The van der Waals surface area contributed by atoms with Gasteiger partial charge in [-0.1, -0.05) is 93.0 Å². The Balaban J connectivity index is 1.19. The predicted octanol–water partition coefficient (Wildman–Crippen LogP) is 6.29. The van der Waals surface area contributed by atoms with Gasteiger partial charge in [0.1, 0.15) is 5.69 Å². The van der Waals surface area contributed by atoms with Gasteiger partial charge < -0.3 is 24.9 Å². The molecule has 2 aromatic heterocycles. The normalized spacial score (nSPS) is 20.0. The van der Waals surface area contributed by atoms with Crippen LogP contribution in [0.5, 0.6) is 0 Å². The van der Waals surface area contributed by atoms with Gasteiger partial charge in [-0.2, -0.15) is 0 Å². The summed E-state index contributed by atoms with van der Waals surface area (Å²) in [5, 5.41) is 10.8. The predicted molar refractivity (Wildman–Crippen MR) is 204 cm³/mol. The van der Waals surface area contributed by atoms with Gasteiger partial charge in [-0.3, -0.25) is 9.59 Å². The van der Waals surface area contributed by atoms with Crippen LogP contribution < -0.4 is 21.0 Å². The molecular weight excluding hydrogens is 682 g/mol. The molecule has 260 valence electrons. The molecule has 0 bridgehead atoms. The summed E-state index contributed by atoms with van der Waals surface area (Å²) in [6.45, 7) is 8.56. The second kappa shape index (κ2) is 14.1. The first-order valence-electron chi connectivity index (χ1n) is 17.4. The largest absolute Gasteiger partial charge is 0.404 e. The molecule has 0 saturated heterocycles. The minimum atomic E-state index is -2.84. The summed E-state index contributed by atoms with van der Waals surface area (Å²) in [7, 11) is -0.756. The first-order valence-corrected chi connectivity index (χ1v) is 20.5. The summed E-state index contributed by atoms with van der Waals surface area (Å²) in [6, 6.07) is 27.9. The molecule has 1 saturated carbocycles. The lowest BCUT2D eigenvalue weighted by Gasteiger charge is -2.47. The van der Waals surface area contributed by atoms with E-state index < -0.39 is 8.32 Å². The Kier molecular flexibility index (Phi) is 9.75. The van der Waals surface area contributed by atoms with Crippen molar-refractivity contribution < 1.29 is 14.0 Å². The quantitative estimate of drug-likeness (QED) is 0.163. The Labute approximate surface area is 303 Å². The topological polar surface area (TPSA) is 99.3 Å². The average molecular weight is 726 g/mol. The maximum Gasteiger partial charge on any atom is 0.280 e. The fourth-order valence-corrected chi connectivity index (χ4v) is 13.6. The number of aromatic nitrogens is 2. The monoisotopic (exact) mass is 725 g/mol. The molecule has 0 radical (unpaired) electrons. The van der Waals surface area contributed by atoms with Crippen molar-refractivity contribution >= 4 is 64.3 Å². The third kappa shape index (κ3) is 6.92. The molecule has 2 aliphatic rings.